The minimum atomic E-state index is -4.43. The highest BCUT2D eigenvalue weighted by molar-refractivity contribution is 7.12. The Morgan fingerprint density at radius 3 is 2.71 bits per heavy atom. The number of allylic oxidation sites excluding steroid dienone is 1. The Kier molecular flexibility index (Phi) is 6.57. The fourth-order valence-corrected chi connectivity index (χ4v) is 5.43. The molecule has 1 saturated heterocycles. The van der Waals surface area contributed by atoms with Crippen LogP contribution >= 0.6 is 11.3 Å². The van der Waals surface area contributed by atoms with Crippen LogP contribution in [0.5, 0.6) is 0 Å². The maximum Gasteiger partial charge on any atom is 0.426 e. The van der Waals surface area contributed by atoms with E-state index in [1.807, 2.05) is 12.2 Å². The summed E-state index contributed by atoms with van der Waals surface area (Å²) < 4.78 is 52.7. The lowest BCUT2D eigenvalue weighted by atomic mass is 9.96. The first-order valence-corrected chi connectivity index (χ1v) is 12.1. The molecule has 1 aliphatic carbocycles. The number of fused-ring (bicyclic) bond motifs is 1. The summed E-state index contributed by atoms with van der Waals surface area (Å²) in [5, 5.41) is 9.01. The fraction of sp³-hybridized carbons (Fsp3) is 0.346. The Morgan fingerprint density at radius 1 is 1.23 bits per heavy atom. The van der Waals surface area contributed by atoms with E-state index in [2.05, 4.69) is 11.0 Å². The van der Waals surface area contributed by atoms with E-state index in [0.717, 1.165) is 22.5 Å². The fourth-order valence-electron chi connectivity index (χ4n) is 4.47. The number of nitrogens with zero attached hydrogens (tertiary/aromatic N) is 1. The highest BCUT2D eigenvalue weighted by Crippen LogP contribution is 2.43. The molecule has 1 unspecified atom stereocenters. The van der Waals surface area contributed by atoms with Crippen molar-refractivity contribution in [2.45, 2.75) is 25.3 Å². The van der Waals surface area contributed by atoms with E-state index >= 15 is 0 Å². The number of hydrogen-bond donors (Lipinski definition) is 1. The standard InChI is InChI=1S/C26H24F3NO4S/c27-26(28,29)24-22(17-4-2-1-3-5-17)10-21(35-24)15-33-20-7-6-18-8-16(14-34-23(18)9-20)11-30-12-19(13-30)25(31)32/h1-6,8-10,19-20H,7,11-15H2,(H,31,32). The van der Waals surface area contributed by atoms with Gasteiger partial charge in [-0.05, 0) is 35.8 Å². The Hall–Kier alpha value is -2.88. The van der Waals surface area contributed by atoms with Crippen molar-refractivity contribution in [2.24, 2.45) is 5.92 Å². The molecule has 0 radical (unpaired) electrons. The van der Waals surface area contributed by atoms with Gasteiger partial charge in [0.05, 0.1) is 18.6 Å². The van der Waals surface area contributed by atoms with Gasteiger partial charge >= 0.3 is 12.1 Å². The molecule has 184 valence electrons. The molecule has 1 aromatic heterocycles. The van der Waals surface area contributed by atoms with E-state index in [-0.39, 0.29) is 24.2 Å². The van der Waals surface area contributed by atoms with Gasteiger partial charge in [-0.25, -0.2) is 0 Å². The molecule has 2 aromatic rings. The summed E-state index contributed by atoms with van der Waals surface area (Å²) in [7, 11) is 0. The molecular formula is C26H24F3NO4S. The van der Waals surface area contributed by atoms with Crippen LogP contribution in [0.2, 0.25) is 0 Å². The van der Waals surface area contributed by atoms with Crippen LogP contribution in [0, 0.1) is 5.92 Å². The third-order valence-corrected chi connectivity index (χ3v) is 7.42. The number of thiophene rings is 1. The average molecular weight is 504 g/mol. The lowest BCUT2D eigenvalue weighted by Crippen LogP contribution is -2.51. The highest BCUT2D eigenvalue weighted by Gasteiger charge is 2.36. The molecule has 3 heterocycles. The van der Waals surface area contributed by atoms with E-state index in [1.54, 1.807) is 36.4 Å². The Balaban J connectivity index is 1.20. The summed E-state index contributed by atoms with van der Waals surface area (Å²) in [5.74, 6) is -0.333. The van der Waals surface area contributed by atoms with Crippen LogP contribution in [0.4, 0.5) is 13.2 Å². The molecule has 5 rings (SSSR count). The van der Waals surface area contributed by atoms with Crippen LogP contribution < -0.4 is 0 Å². The first-order chi connectivity index (χ1) is 16.8. The smallest absolute Gasteiger partial charge is 0.426 e. The molecule has 1 atom stereocenters. The van der Waals surface area contributed by atoms with E-state index < -0.39 is 17.0 Å². The predicted molar refractivity (Wildman–Crippen MR) is 126 cm³/mol. The predicted octanol–water partition coefficient (Wildman–Crippen LogP) is 5.51. The van der Waals surface area contributed by atoms with Crippen LogP contribution in [-0.2, 0) is 27.1 Å². The first-order valence-electron chi connectivity index (χ1n) is 11.3. The van der Waals surface area contributed by atoms with Crippen molar-refractivity contribution in [3.8, 4) is 11.1 Å². The quantitative estimate of drug-likeness (QED) is 0.540. The van der Waals surface area contributed by atoms with Gasteiger partial charge in [-0.3, -0.25) is 9.69 Å². The molecule has 3 aliphatic rings. The number of halogens is 3. The molecule has 0 saturated carbocycles. The number of likely N-dealkylation sites (tertiary alicyclic amines) is 1. The van der Waals surface area contributed by atoms with Crippen molar-refractivity contribution in [3.05, 3.63) is 81.3 Å². The minimum Gasteiger partial charge on any atom is -0.489 e. The molecule has 1 N–H and O–H groups in total. The maximum absolute atomic E-state index is 13.6. The number of benzene rings is 1. The third-order valence-electron chi connectivity index (χ3n) is 6.26. The number of ether oxygens (including phenoxy) is 2. The third kappa shape index (κ3) is 5.37. The number of alkyl halides is 3. The molecule has 9 heteroatoms. The molecule has 1 aromatic carbocycles. The van der Waals surface area contributed by atoms with Gasteiger partial charge in [0.2, 0.25) is 0 Å². The molecule has 1 fully saturated rings. The monoisotopic (exact) mass is 503 g/mol. The Morgan fingerprint density at radius 2 is 2.00 bits per heavy atom. The Bertz CT molecular complexity index is 1190. The first kappa shape index (κ1) is 23.8. The summed E-state index contributed by atoms with van der Waals surface area (Å²) in [5.41, 5.74) is 2.76. The van der Waals surface area contributed by atoms with Crippen molar-refractivity contribution in [1.82, 2.24) is 4.90 Å². The normalized spacial score (nSPS) is 20.8. The van der Waals surface area contributed by atoms with E-state index in [9.17, 15) is 18.0 Å². The van der Waals surface area contributed by atoms with Gasteiger partial charge in [-0.1, -0.05) is 36.4 Å². The molecule has 35 heavy (non-hydrogen) atoms. The summed E-state index contributed by atoms with van der Waals surface area (Å²) in [6.45, 7) is 2.28. The van der Waals surface area contributed by atoms with Crippen LogP contribution in [0.1, 0.15) is 16.2 Å². The lowest BCUT2D eigenvalue weighted by Gasteiger charge is -2.38. The second-order valence-electron chi connectivity index (χ2n) is 8.92. The lowest BCUT2D eigenvalue weighted by molar-refractivity contribution is -0.147. The summed E-state index contributed by atoms with van der Waals surface area (Å²) in [4.78, 5) is 13.0. The zero-order chi connectivity index (χ0) is 24.6. The van der Waals surface area contributed by atoms with Crippen LogP contribution in [0.25, 0.3) is 11.1 Å². The second-order valence-corrected chi connectivity index (χ2v) is 10.1. The zero-order valence-electron chi connectivity index (χ0n) is 18.8. The number of carboxylic acids is 1. The number of hydrogen-bond acceptors (Lipinski definition) is 5. The number of rotatable bonds is 7. The van der Waals surface area contributed by atoms with Gasteiger partial charge in [-0.2, -0.15) is 13.2 Å². The van der Waals surface area contributed by atoms with Gasteiger partial charge < -0.3 is 14.6 Å². The van der Waals surface area contributed by atoms with Crippen molar-refractivity contribution < 1.29 is 32.5 Å². The zero-order valence-corrected chi connectivity index (χ0v) is 19.6. The Labute approximate surface area is 204 Å². The highest BCUT2D eigenvalue weighted by atomic mass is 32.1. The SMILES string of the molecule is O=C(O)C1CN(CC2=CC3=CCC(OCc4cc(-c5ccccc5)c(C(F)(F)F)s4)C=C3OC2)C1. The number of carbonyl (C=O) groups is 1. The molecular weight excluding hydrogens is 479 g/mol. The van der Waals surface area contributed by atoms with Gasteiger partial charge in [-0.15, -0.1) is 11.3 Å². The van der Waals surface area contributed by atoms with Crippen LogP contribution in [0.15, 0.2) is 71.5 Å². The van der Waals surface area contributed by atoms with Crippen molar-refractivity contribution in [1.29, 1.82) is 0 Å². The summed E-state index contributed by atoms with van der Waals surface area (Å²) in [6.07, 6.45) is 1.85. The van der Waals surface area contributed by atoms with Crippen molar-refractivity contribution in [2.75, 3.05) is 26.2 Å². The molecule has 0 bridgehead atoms. The van der Waals surface area contributed by atoms with Gasteiger partial charge in [0, 0.05) is 35.6 Å². The maximum atomic E-state index is 13.6. The van der Waals surface area contributed by atoms with Gasteiger partial charge in [0.25, 0.3) is 0 Å². The largest absolute Gasteiger partial charge is 0.489 e. The van der Waals surface area contributed by atoms with Crippen molar-refractivity contribution >= 4 is 17.3 Å². The molecule has 0 amide bonds. The molecule has 2 aliphatic heterocycles. The van der Waals surface area contributed by atoms with Gasteiger partial charge in [0.1, 0.15) is 17.2 Å². The molecule has 0 spiro atoms. The van der Waals surface area contributed by atoms with E-state index in [4.69, 9.17) is 14.6 Å². The second kappa shape index (κ2) is 9.64. The molecule has 5 nitrogen and oxygen atoms in total. The summed E-state index contributed by atoms with van der Waals surface area (Å²) in [6, 6.07) is 10.1. The van der Waals surface area contributed by atoms with Crippen molar-refractivity contribution in [3.63, 3.8) is 0 Å². The van der Waals surface area contributed by atoms with Gasteiger partial charge in [0.15, 0.2) is 0 Å². The van der Waals surface area contributed by atoms with Crippen LogP contribution in [-0.4, -0.2) is 48.3 Å². The minimum absolute atomic E-state index is 0.0823. The van der Waals surface area contributed by atoms with E-state index in [1.165, 1.54) is 0 Å². The van der Waals surface area contributed by atoms with E-state index in [0.29, 0.717) is 48.9 Å². The number of carboxylic acid groups (broad SMARTS) is 1. The average Bonchev–Trinajstić information content (AvgIpc) is 3.25. The summed E-state index contributed by atoms with van der Waals surface area (Å²) >= 11 is 0.720. The van der Waals surface area contributed by atoms with Crippen LogP contribution in [0.3, 0.4) is 0 Å². The topological polar surface area (TPSA) is 59.0 Å². The number of aliphatic carboxylic acids is 1.